The Labute approximate surface area is 114 Å². The highest BCUT2D eigenvalue weighted by Crippen LogP contribution is 2.19. The van der Waals surface area contributed by atoms with Crippen LogP contribution in [0.2, 0.25) is 0 Å². The summed E-state index contributed by atoms with van der Waals surface area (Å²) in [5.74, 6) is 0.562. The van der Waals surface area contributed by atoms with E-state index in [1.165, 1.54) is 16.8 Å². The Balaban J connectivity index is 2.47. The number of hydrogen-bond acceptors (Lipinski definition) is 1. The third-order valence-electron chi connectivity index (χ3n) is 3.27. The van der Waals surface area contributed by atoms with Crippen LogP contribution >= 0.6 is 11.6 Å². The van der Waals surface area contributed by atoms with Crippen LogP contribution < -0.4 is 0 Å². The van der Waals surface area contributed by atoms with Crippen LogP contribution in [0.4, 0.5) is 0 Å². The maximum absolute atomic E-state index is 5.89. The summed E-state index contributed by atoms with van der Waals surface area (Å²) in [5.41, 5.74) is 5.92. The smallest absolute Gasteiger partial charge is 0.0651 e. The lowest BCUT2D eigenvalue weighted by Crippen LogP contribution is -2.02. The van der Waals surface area contributed by atoms with Gasteiger partial charge in [0.25, 0.3) is 0 Å². The molecule has 0 bridgehead atoms. The van der Waals surface area contributed by atoms with Crippen LogP contribution in [-0.2, 0) is 18.7 Å². The van der Waals surface area contributed by atoms with Crippen LogP contribution in [0.5, 0.6) is 0 Å². The number of halogens is 1. The standard InChI is InChI=1S/C15H19ClN2/c1-4-13-9-14(5-2)18(17-13)15-7-6-12(10-16)11(3)8-15/h6-9H,4-5,10H2,1-3H3. The Bertz CT molecular complexity index is 543. The van der Waals surface area contributed by atoms with E-state index in [9.17, 15) is 0 Å². The first-order valence-electron chi connectivity index (χ1n) is 6.43. The molecule has 3 heteroatoms. The summed E-state index contributed by atoms with van der Waals surface area (Å²) >= 11 is 5.89. The van der Waals surface area contributed by atoms with Crippen molar-refractivity contribution in [2.45, 2.75) is 39.5 Å². The number of hydrogen-bond donors (Lipinski definition) is 0. The fourth-order valence-corrected chi connectivity index (χ4v) is 2.38. The Morgan fingerprint density at radius 1 is 1.17 bits per heavy atom. The molecule has 0 spiro atoms. The van der Waals surface area contributed by atoms with Gasteiger partial charge in [-0.05, 0) is 49.1 Å². The first kappa shape index (κ1) is 13.2. The molecule has 0 radical (unpaired) electrons. The predicted octanol–water partition coefficient (Wildman–Crippen LogP) is 4.04. The van der Waals surface area contributed by atoms with Gasteiger partial charge < -0.3 is 0 Å². The second-order valence-corrected chi connectivity index (χ2v) is 4.76. The van der Waals surface area contributed by atoms with E-state index in [4.69, 9.17) is 11.6 Å². The lowest BCUT2D eigenvalue weighted by atomic mass is 10.1. The third kappa shape index (κ3) is 2.44. The van der Waals surface area contributed by atoms with Gasteiger partial charge in [0.2, 0.25) is 0 Å². The molecule has 0 fully saturated rings. The fraction of sp³-hybridized carbons (Fsp3) is 0.400. The van der Waals surface area contributed by atoms with Crippen LogP contribution in [0.1, 0.15) is 36.4 Å². The number of alkyl halides is 1. The number of nitrogens with zero attached hydrogens (tertiary/aromatic N) is 2. The van der Waals surface area contributed by atoms with Crippen LogP contribution in [0, 0.1) is 6.92 Å². The summed E-state index contributed by atoms with van der Waals surface area (Å²) in [6.45, 7) is 6.39. The number of aryl methyl sites for hydroxylation is 3. The molecule has 0 saturated heterocycles. The molecular weight excluding hydrogens is 244 g/mol. The molecule has 2 aromatic rings. The van der Waals surface area contributed by atoms with Gasteiger partial charge in [0.1, 0.15) is 0 Å². The first-order valence-corrected chi connectivity index (χ1v) is 6.96. The quantitative estimate of drug-likeness (QED) is 0.761. The van der Waals surface area contributed by atoms with Gasteiger partial charge in [0.15, 0.2) is 0 Å². The Morgan fingerprint density at radius 2 is 1.94 bits per heavy atom. The van der Waals surface area contributed by atoms with Crippen molar-refractivity contribution in [1.29, 1.82) is 0 Å². The molecule has 1 heterocycles. The van der Waals surface area contributed by atoms with Gasteiger partial charge in [-0.1, -0.05) is 19.9 Å². The van der Waals surface area contributed by atoms with Gasteiger partial charge >= 0.3 is 0 Å². The molecule has 0 unspecified atom stereocenters. The van der Waals surface area contributed by atoms with Crippen LogP contribution in [0.3, 0.4) is 0 Å². The van der Waals surface area contributed by atoms with E-state index < -0.39 is 0 Å². The largest absolute Gasteiger partial charge is 0.238 e. The molecule has 1 aromatic carbocycles. The summed E-state index contributed by atoms with van der Waals surface area (Å²) in [5, 5.41) is 4.65. The molecule has 2 nitrogen and oxygen atoms in total. The van der Waals surface area contributed by atoms with Crippen molar-refractivity contribution in [3.05, 3.63) is 46.8 Å². The van der Waals surface area contributed by atoms with Crippen molar-refractivity contribution in [2.75, 3.05) is 0 Å². The highest BCUT2D eigenvalue weighted by Gasteiger charge is 2.08. The van der Waals surface area contributed by atoms with E-state index in [-0.39, 0.29) is 0 Å². The zero-order valence-corrected chi connectivity index (χ0v) is 12.0. The van der Waals surface area contributed by atoms with Gasteiger partial charge in [-0.3, -0.25) is 0 Å². The zero-order valence-electron chi connectivity index (χ0n) is 11.2. The minimum absolute atomic E-state index is 0.562. The normalized spacial score (nSPS) is 10.9. The van der Waals surface area contributed by atoms with Gasteiger partial charge in [0.05, 0.1) is 11.4 Å². The van der Waals surface area contributed by atoms with Crippen molar-refractivity contribution in [3.8, 4) is 5.69 Å². The Morgan fingerprint density at radius 3 is 2.50 bits per heavy atom. The number of aromatic nitrogens is 2. The second kappa shape index (κ2) is 5.57. The summed E-state index contributed by atoms with van der Waals surface area (Å²) < 4.78 is 2.05. The summed E-state index contributed by atoms with van der Waals surface area (Å²) in [6, 6.07) is 8.52. The highest BCUT2D eigenvalue weighted by atomic mass is 35.5. The van der Waals surface area contributed by atoms with Crippen molar-refractivity contribution < 1.29 is 0 Å². The molecule has 0 atom stereocenters. The molecule has 0 aliphatic heterocycles. The van der Waals surface area contributed by atoms with Gasteiger partial charge in [-0.15, -0.1) is 11.6 Å². The maximum atomic E-state index is 5.89. The first-order chi connectivity index (χ1) is 8.69. The van der Waals surface area contributed by atoms with Crippen LogP contribution in [0.15, 0.2) is 24.3 Å². The molecule has 0 aliphatic carbocycles. The molecule has 1 aromatic heterocycles. The van der Waals surface area contributed by atoms with Gasteiger partial charge in [-0.25, -0.2) is 4.68 Å². The Kier molecular flexibility index (Phi) is 4.07. The molecule has 0 aliphatic rings. The van der Waals surface area contributed by atoms with Crippen molar-refractivity contribution >= 4 is 11.6 Å². The molecule has 0 amide bonds. The molecular formula is C15H19ClN2. The summed E-state index contributed by atoms with van der Waals surface area (Å²) in [6.07, 6.45) is 1.96. The zero-order chi connectivity index (χ0) is 13.1. The summed E-state index contributed by atoms with van der Waals surface area (Å²) in [7, 11) is 0. The van der Waals surface area contributed by atoms with E-state index in [0.717, 1.165) is 24.2 Å². The van der Waals surface area contributed by atoms with Crippen LogP contribution in [-0.4, -0.2) is 9.78 Å². The predicted molar refractivity (Wildman–Crippen MR) is 76.6 cm³/mol. The SMILES string of the molecule is CCc1cc(CC)n(-c2ccc(CCl)c(C)c2)n1. The molecule has 0 N–H and O–H groups in total. The van der Waals surface area contributed by atoms with E-state index >= 15 is 0 Å². The van der Waals surface area contributed by atoms with Gasteiger partial charge in [-0.2, -0.15) is 5.10 Å². The molecule has 2 rings (SSSR count). The second-order valence-electron chi connectivity index (χ2n) is 4.49. The van der Waals surface area contributed by atoms with Crippen molar-refractivity contribution in [1.82, 2.24) is 9.78 Å². The minimum atomic E-state index is 0.562. The van der Waals surface area contributed by atoms with E-state index in [0.29, 0.717) is 5.88 Å². The summed E-state index contributed by atoms with van der Waals surface area (Å²) in [4.78, 5) is 0. The fourth-order valence-electron chi connectivity index (χ4n) is 2.08. The van der Waals surface area contributed by atoms with Gasteiger partial charge in [0, 0.05) is 11.6 Å². The lowest BCUT2D eigenvalue weighted by molar-refractivity contribution is 0.793. The minimum Gasteiger partial charge on any atom is -0.238 e. The monoisotopic (exact) mass is 262 g/mol. The maximum Gasteiger partial charge on any atom is 0.0651 e. The van der Waals surface area contributed by atoms with E-state index in [1.807, 2.05) is 4.68 Å². The highest BCUT2D eigenvalue weighted by molar-refractivity contribution is 6.17. The molecule has 96 valence electrons. The molecule has 18 heavy (non-hydrogen) atoms. The molecule has 0 saturated carbocycles. The average Bonchev–Trinajstić information content (AvgIpc) is 2.82. The van der Waals surface area contributed by atoms with E-state index in [2.05, 4.69) is 50.1 Å². The Hall–Kier alpha value is -1.28. The third-order valence-corrected chi connectivity index (χ3v) is 3.56. The van der Waals surface area contributed by atoms with Crippen LogP contribution in [0.25, 0.3) is 5.69 Å². The van der Waals surface area contributed by atoms with E-state index in [1.54, 1.807) is 0 Å². The lowest BCUT2D eigenvalue weighted by Gasteiger charge is -2.09. The van der Waals surface area contributed by atoms with Crippen molar-refractivity contribution in [3.63, 3.8) is 0 Å². The topological polar surface area (TPSA) is 17.8 Å². The van der Waals surface area contributed by atoms with Crippen molar-refractivity contribution in [2.24, 2.45) is 0 Å². The average molecular weight is 263 g/mol. The number of rotatable bonds is 4. The number of benzene rings is 1.